The van der Waals surface area contributed by atoms with E-state index in [-0.39, 0.29) is 17.9 Å². The first-order valence-corrected chi connectivity index (χ1v) is 13.4. The van der Waals surface area contributed by atoms with Gasteiger partial charge in [0.2, 0.25) is 5.91 Å². The number of amides is 1. The van der Waals surface area contributed by atoms with Crippen molar-refractivity contribution in [1.29, 1.82) is 0 Å². The Balaban J connectivity index is 0.000000362. The van der Waals surface area contributed by atoms with E-state index < -0.39 is 0 Å². The fourth-order valence-corrected chi connectivity index (χ4v) is 3.65. The van der Waals surface area contributed by atoms with Crippen molar-refractivity contribution in [3.8, 4) is 0 Å². The van der Waals surface area contributed by atoms with Crippen molar-refractivity contribution in [2.45, 2.75) is 86.7 Å². The van der Waals surface area contributed by atoms with E-state index in [0.29, 0.717) is 12.0 Å². The minimum absolute atomic E-state index is 0.102. The first-order valence-electron chi connectivity index (χ1n) is 13.4. The lowest BCUT2D eigenvalue weighted by Crippen LogP contribution is -2.39. The Kier molecular flexibility index (Phi) is 14.5. The van der Waals surface area contributed by atoms with Crippen molar-refractivity contribution in [1.82, 2.24) is 10.2 Å². The van der Waals surface area contributed by atoms with E-state index in [4.69, 9.17) is 0 Å². The standard InChI is InChI=1S/C18H29NO.C13H21N/c1-6-14(3)13-19(18(20)15(4)7-2)16(5)17-11-9-8-10-12-17;1-4-11(2)10-14-12(3)13-8-6-5-7-9-13/h8-12,14-16H,6-7,13H2,1-5H3;5-9,11-12,14H,4,10H2,1-3H3/t14-,15-,16+;11-,12+/m00/s1. The van der Waals surface area contributed by atoms with Gasteiger partial charge in [0.15, 0.2) is 0 Å². The summed E-state index contributed by atoms with van der Waals surface area (Å²) in [7, 11) is 0. The Bertz CT molecular complexity index is 777. The van der Waals surface area contributed by atoms with Crippen LogP contribution in [0.25, 0.3) is 0 Å². The summed E-state index contributed by atoms with van der Waals surface area (Å²) in [6.45, 7) is 19.3. The lowest BCUT2D eigenvalue weighted by Gasteiger charge is -2.33. The van der Waals surface area contributed by atoms with Gasteiger partial charge in [0.05, 0.1) is 6.04 Å². The van der Waals surface area contributed by atoms with Crippen LogP contribution in [0.1, 0.15) is 97.9 Å². The molecule has 0 radical (unpaired) electrons. The summed E-state index contributed by atoms with van der Waals surface area (Å²) in [6, 6.07) is 21.5. The molecular formula is C31H50N2O. The molecular weight excluding hydrogens is 416 g/mol. The third-order valence-corrected chi connectivity index (χ3v) is 7.04. The molecule has 0 unspecified atom stereocenters. The quantitative estimate of drug-likeness (QED) is 0.343. The van der Waals surface area contributed by atoms with E-state index in [1.807, 2.05) is 25.1 Å². The molecule has 0 fully saturated rings. The normalized spacial score (nSPS) is 15.3. The van der Waals surface area contributed by atoms with E-state index in [9.17, 15) is 4.79 Å². The summed E-state index contributed by atoms with van der Waals surface area (Å²) in [6.07, 6.45) is 3.25. The second-order valence-electron chi connectivity index (χ2n) is 9.95. The lowest BCUT2D eigenvalue weighted by atomic mass is 10.00. The van der Waals surface area contributed by atoms with Gasteiger partial charge in [-0.05, 0) is 49.8 Å². The number of carbonyl (C=O) groups is 1. The first kappa shape index (κ1) is 29.9. The maximum atomic E-state index is 12.7. The Morgan fingerprint density at radius 3 is 1.71 bits per heavy atom. The Labute approximate surface area is 210 Å². The zero-order valence-electron chi connectivity index (χ0n) is 23.1. The van der Waals surface area contributed by atoms with Crippen molar-refractivity contribution < 1.29 is 4.79 Å². The molecule has 0 saturated carbocycles. The molecule has 2 aromatic carbocycles. The molecule has 1 amide bonds. The van der Waals surface area contributed by atoms with E-state index in [1.165, 1.54) is 17.5 Å². The summed E-state index contributed by atoms with van der Waals surface area (Å²) in [5, 5.41) is 3.55. The highest BCUT2D eigenvalue weighted by Gasteiger charge is 2.25. The van der Waals surface area contributed by atoms with Crippen LogP contribution >= 0.6 is 0 Å². The van der Waals surface area contributed by atoms with Gasteiger partial charge in [-0.1, -0.05) is 115 Å². The van der Waals surface area contributed by atoms with Crippen molar-refractivity contribution in [3.63, 3.8) is 0 Å². The number of carbonyl (C=O) groups excluding carboxylic acids is 1. The predicted octanol–water partition coefficient (Wildman–Crippen LogP) is 8.05. The third-order valence-electron chi connectivity index (χ3n) is 7.04. The molecule has 0 saturated heterocycles. The van der Waals surface area contributed by atoms with Gasteiger partial charge in [-0.15, -0.1) is 0 Å². The third kappa shape index (κ3) is 10.4. The number of nitrogens with zero attached hydrogens (tertiary/aromatic N) is 1. The summed E-state index contributed by atoms with van der Waals surface area (Å²) in [5.74, 6) is 1.68. The zero-order chi connectivity index (χ0) is 25.5. The van der Waals surface area contributed by atoms with E-state index in [0.717, 1.165) is 31.8 Å². The molecule has 0 heterocycles. The predicted molar refractivity (Wildman–Crippen MR) is 148 cm³/mol. The molecule has 5 atom stereocenters. The van der Waals surface area contributed by atoms with Gasteiger partial charge in [0.1, 0.15) is 0 Å². The van der Waals surface area contributed by atoms with E-state index in [2.05, 4.69) is 101 Å². The molecule has 34 heavy (non-hydrogen) atoms. The van der Waals surface area contributed by atoms with Crippen LogP contribution in [-0.4, -0.2) is 23.9 Å². The largest absolute Gasteiger partial charge is 0.335 e. The van der Waals surface area contributed by atoms with Gasteiger partial charge < -0.3 is 10.2 Å². The van der Waals surface area contributed by atoms with Crippen LogP contribution in [-0.2, 0) is 4.79 Å². The monoisotopic (exact) mass is 466 g/mol. The van der Waals surface area contributed by atoms with Crippen LogP contribution in [0, 0.1) is 17.8 Å². The lowest BCUT2D eigenvalue weighted by molar-refractivity contribution is -0.138. The highest BCUT2D eigenvalue weighted by atomic mass is 16.2. The molecule has 0 spiro atoms. The SMILES string of the molecule is CC[C@H](C)CN(C(=O)[C@@H](C)CC)[C@H](C)c1ccccc1.CC[C@H](C)CN[C@H](C)c1ccccc1. The Morgan fingerprint density at radius 2 is 1.24 bits per heavy atom. The summed E-state index contributed by atoms with van der Waals surface area (Å²) >= 11 is 0. The van der Waals surface area contributed by atoms with Gasteiger partial charge in [-0.3, -0.25) is 4.79 Å². The highest BCUT2D eigenvalue weighted by molar-refractivity contribution is 5.79. The van der Waals surface area contributed by atoms with Gasteiger partial charge in [0.25, 0.3) is 0 Å². The molecule has 0 aliphatic heterocycles. The summed E-state index contributed by atoms with van der Waals surface area (Å²) in [5.41, 5.74) is 2.59. The molecule has 3 nitrogen and oxygen atoms in total. The van der Waals surface area contributed by atoms with Gasteiger partial charge in [0, 0.05) is 18.5 Å². The van der Waals surface area contributed by atoms with Crippen molar-refractivity contribution in [3.05, 3.63) is 71.8 Å². The van der Waals surface area contributed by atoms with Crippen LogP contribution in [0.5, 0.6) is 0 Å². The molecule has 0 aromatic heterocycles. The second kappa shape index (κ2) is 16.5. The number of benzene rings is 2. The van der Waals surface area contributed by atoms with Gasteiger partial charge in [-0.25, -0.2) is 0 Å². The van der Waals surface area contributed by atoms with Crippen LogP contribution in [0.2, 0.25) is 0 Å². The maximum absolute atomic E-state index is 12.7. The molecule has 0 aliphatic carbocycles. The maximum Gasteiger partial charge on any atom is 0.225 e. The summed E-state index contributed by atoms with van der Waals surface area (Å²) < 4.78 is 0. The molecule has 0 bridgehead atoms. The van der Waals surface area contributed by atoms with Crippen molar-refractivity contribution in [2.24, 2.45) is 17.8 Å². The van der Waals surface area contributed by atoms with Crippen LogP contribution < -0.4 is 5.32 Å². The smallest absolute Gasteiger partial charge is 0.225 e. The molecule has 2 aromatic rings. The van der Waals surface area contributed by atoms with Crippen molar-refractivity contribution in [2.75, 3.05) is 13.1 Å². The minimum atomic E-state index is 0.102. The number of hydrogen-bond acceptors (Lipinski definition) is 2. The van der Waals surface area contributed by atoms with Crippen LogP contribution in [0.3, 0.4) is 0 Å². The molecule has 190 valence electrons. The van der Waals surface area contributed by atoms with Gasteiger partial charge >= 0.3 is 0 Å². The molecule has 0 aliphatic rings. The van der Waals surface area contributed by atoms with E-state index >= 15 is 0 Å². The topological polar surface area (TPSA) is 32.3 Å². The molecule has 3 heteroatoms. The first-order chi connectivity index (χ1) is 16.2. The minimum Gasteiger partial charge on any atom is -0.335 e. The van der Waals surface area contributed by atoms with E-state index in [1.54, 1.807) is 0 Å². The molecule has 2 rings (SSSR count). The Morgan fingerprint density at radius 1 is 0.735 bits per heavy atom. The average molecular weight is 467 g/mol. The number of nitrogens with one attached hydrogen (secondary N) is 1. The number of rotatable bonds is 12. The highest BCUT2D eigenvalue weighted by Crippen LogP contribution is 2.24. The second-order valence-corrected chi connectivity index (χ2v) is 9.95. The van der Waals surface area contributed by atoms with Crippen LogP contribution in [0.4, 0.5) is 0 Å². The Hall–Kier alpha value is -2.13. The fraction of sp³-hybridized carbons (Fsp3) is 0.581. The molecule has 1 N–H and O–H groups in total. The number of hydrogen-bond donors (Lipinski definition) is 1. The zero-order valence-corrected chi connectivity index (χ0v) is 23.1. The fourth-order valence-electron chi connectivity index (χ4n) is 3.65. The summed E-state index contributed by atoms with van der Waals surface area (Å²) in [4.78, 5) is 14.7. The van der Waals surface area contributed by atoms with Crippen molar-refractivity contribution >= 4 is 5.91 Å². The van der Waals surface area contributed by atoms with Gasteiger partial charge in [-0.2, -0.15) is 0 Å². The average Bonchev–Trinajstić information content (AvgIpc) is 2.89. The van der Waals surface area contributed by atoms with Crippen LogP contribution in [0.15, 0.2) is 60.7 Å².